The van der Waals surface area contributed by atoms with Crippen molar-refractivity contribution in [2.24, 2.45) is 0 Å². The molecule has 0 radical (unpaired) electrons. The minimum Gasteiger partial charge on any atom is -0.507 e. The quantitative estimate of drug-likeness (QED) is 0.587. The zero-order valence-electron chi connectivity index (χ0n) is 18.3. The molecule has 0 bridgehead atoms. The third-order valence-electron chi connectivity index (χ3n) is 5.21. The largest absolute Gasteiger partial charge is 0.507 e. The molecule has 1 aromatic heterocycles. The molecule has 1 saturated heterocycles. The summed E-state index contributed by atoms with van der Waals surface area (Å²) in [6.45, 7) is 8.18. The summed E-state index contributed by atoms with van der Waals surface area (Å²) < 4.78 is 5.38. The third-order valence-corrected chi connectivity index (χ3v) is 5.21. The highest BCUT2D eigenvalue weighted by molar-refractivity contribution is 5.84. The first-order valence-corrected chi connectivity index (χ1v) is 10.5. The molecule has 0 saturated carbocycles. The number of fused-ring (bicyclic) bond motifs is 1. The van der Waals surface area contributed by atoms with Gasteiger partial charge in [0, 0.05) is 18.0 Å². The maximum atomic E-state index is 12.2. The molecule has 31 heavy (non-hydrogen) atoms. The highest BCUT2D eigenvalue weighted by atomic mass is 16.6. The van der Waals surface area contributed by atoms with E-state index in [2.05, 4.69) is 10.6 Å². The highest BCUT2D eigenvalue weighted by Crippen LogP contribution is 2.33. The molecule has 2 atom stereocenters. The number of phenolic OH excluding ortho intramolecular Hbond substituents is 1. The van der Waals surface area contributed by atoms with Gasteiger partial charge in [-0.15, -0.1) is 0 Å². The van der Waals surface area contributed by atoms with Gasteiger partial charge in [-0.2, -0.15) is 0 Å². The average Bonchev–Trinajstić information content (AvgIpc) is 3.13. The number of aromatic nitrogens is 2. The second-order valence-corrected chi connectivity index (χ2v) is 9.01. The van der Waals surface area contributed by atoms with E-state index in [0.29, 0.717) is 24.4 Å². The fourth-order valence-corrected chi connectivity index (χ4v) is 3.84. The third kappa shape index (κ3) is 4.77. The predicted octanol–water partition coefficient (Wildman–Crippen LogP) is 4.24. The molecule has 0 aliphatic carbocycles. The van der Waals surface area contributed by atoms with Crippen molar-refractivity contribution in [1.29, 1.82) is 0 Å². The number of carbonyl (C=O) groups is 1. The fourth-order valence-electron chi connectivity index (χ4n) is 3.84. The lowest BCUT2D eigenvalue weighted by molar-refractivity contribution is 0.0508. The number of aromatic hydroxyl groups is 1. The normalized spacial score (nSPS) is 18.8. The van der Waals surface area contributed by atoms with E-state index in [0.717, 1.165) is 22.2 Å². The summed E-state index contributed by atoms with van der Waals surface area (Å²) >= 11 is 0. The molecule has 3 aromatic rings. The van der Waals surface area contributed by atoms with E-state index in [1.54, 1.807) is 12.1 Å². The van der Waals surface area contributed by atoms with E-state index < -0.39 is 11.7 Å². The maximum Gasteiger partial charge on any atom is 0.407 e. The SMILES string of the molecule is Cc1ccc2c(C3CC(NC(=O)OC(C)(C)C)CN3)nc(-c3ccccc3O)nc2c1. The molecule has 4 rings (SSSR count). The van der Waals surface area contributed by atoms with Gasteiger partial charge >= 0.3 is 6.09 Å². The number of para-hydroxylation sites is 1. The van der Waals surface area contributed by atoms with Crippen LogP contribution in [0.1, 0.15) is 44.5 Å². The molecular weight excluding hydrogens is 392 g/mol. The van der Waals surface area contributed by atoms with Crippen LogP contribution >= 0.6 is 0 Å². The van der Waals surface area contributed by atoms with Crippen LogP contribution in [-0.2, 0) is 4.74 Å². The van der Waals surface area contributed by atoms with Crippen LogP contribution in [0.2, 0.25) is 0 Å². The van der Waals surface area contributed by atoms with Crippen molar-refractivity contribution in [3.8, 4) is 17.1 Å². The Morgan fingerprint density at radius 2 is 1.97 bits per heavy atom. The Morgan fingerprint density at radius 3 is 2.71 bits per heavy atom. The van der Waals surface area contributed by atoms with Crippen molar-refractivity contribution in [3.05, 3.63) is 53.7 Å². The Kier molecular flexibility index (Phi) is 5.54. The maximum absolute atomic E-state index is 12.2. The standard InChI is InChI=1S/C24H28N4O3/c1-14-9-10-16-18(11-14)27-22(17-7-5-6-8-20(17)29)28-21(16)19-12-15(13-25-19)26-23(30)31-24(2,3)4/h5-11,15,19,25,29H,12-13H2,1-4H3,(H,26,30). The molecule has 2 unspecified atom stereocenters. The Hall–Kier alpha value is -3.19. The summed E-state index contributed by atoms with van der Waals surface area (Å²) in [5.74, 6) is 0.626. The summed E-state index contributed by atoms with van der Waals surface area (Å²) in [5, 5.41) is 17.7. The lowest BCUT2D eigenvalue weighted by atomic mass is 10.0. The number of rotatable bonds is 3. The zero-order valence-corrected chi connectivity index (χ0v) is 18.3. The van der Waals surface area contributed by atoms with Crippen LogP contribution in [0.3, 0.4) is 0 Å². The molecule has 1 aliphatic heterocycles. The van der Waals surface area contributed by atoms with Gasteiger partial charge in [-0.05, 0) is 57.9 Å². The summed E-state index contributed by atoms with van der Waals surface area (Å²) in [4.78, 5) is 21.7. The van der Waals surface area contributed by atoms with Crippen LogP contribution in [0.25, 0.3) is 22.3 Å². The highest BCUT2D eigenvalue weighted by Gasteiger charge is 2.30. The van der Waals surface area contributed by atoms with E-state index in [1.165, 1.54) is 0 Å². The summed E-state index contributed by atoms with van der Waals surface area (Å²) in [5.41, 5.74) is 2.84. The second kappa shape index (κ2) is 8.15. The number of nitrogens with zero attached hydrogens (tertiary/aromatic N) is 2. The van der Waals surface area contributed by atoms with Crippen LogP contribution in [0.15, 0.2) is 42.5 Å². The minimum absolute atomic E-state index is 0.0576. The van der Waals surface area contributed by atoms with Gasteiger partial charge in [-0.25, -0.2) is 14.8 Å². The van der Waals surface area contributed by atoms with Crippen LogP contribution in [0.5, 0.6) is 5.75 Å². The summed E-state index contributed by atoms with van der Waals surface area (Å²) in [6, 6.07) is 13.0. The van der Waals surface area contributed by atoms with Crippen molar-refractivity contribution in [2.75, 3.05) is 6.54 Å². The lowest BCUT2D eigenvalue weighted by Gasteiger charge is -2.21. The number of benzene rings is 2. The number of aryl methyl sites for hydroxylation is 1. The van der Waals surface area contributed by atoms with Crippen LogP contribution in [0, 0.1) is 6.92 Å². The molecular formula is C24H28N4O3. The smallest absolute Gasteiger partial charge is 0.407 e. The van der Waals surface area contributed by atoms with E-state index in [-0.39, 0.29) is 17.8 Å². The number of hydrogen-bond donors (Lipinski definition) is 3. The topological polar surface area (TPSA) is 96.4 Å². The number of ether oxygens (including phenoxy) is 1. The van der Waals surface area contributed by atoms with Gasteiger partial charge in [0.1, 0.15) is 11.4 Å². The van der Waals surface area contributed by atoms with E-state index in [4.69, 9.17) is 14.7 Å². The van der Waals surface area contributed by atoms with Gasteiger partial charge in [0.05, 0.1) is 22.8 Å². The van der Waals surface area contributed by atoms with E-state index in [9.17, 15) is 9.90 Å². The number of hydrogen-bond acceptors (Lipinski definition) is 6. The minimum atomic E-state index is -0.539. The fraction of sp³-hybridized carbons (Fsp3) is 0.375. The monoisotopic (exact) mass is 420 g/mol. The van der Waals surface area contributed by atoms with Crippen molar-refractivity contribution in [2.45, 2.75) is 51.8 Å². The Morgan fingerprint density at radius 1 is 1.19 bits per heavy atom. The number of amides is 1. The van der Waals surface area contributed by atoms with E-state index in [1.807, 2.05) is 58.0 Å². The molecule has 1 fully saturated rings. The Balaban J connectivity index is 1.66. The zero-order chi connectivity index (χ0) is 22.2. The number of carbonyl (C=O) groups excluding carboxylic acids is 1. The van der Waals surface area contributed by atoms with Crippen LogP contribution < -0.4 is 10.6 Å². The van der Waals surface area contributed by atoms with Gasteiger partial charge in [-0.3, -0.25) is 0 Å². The average molecular weight is 421 g/mol. The van der Waals surface area contributed by atoms with Crippen LogP contribution in [0.4, 0.5) is 4.79 Å². The van der Waals surface area contributed by atoms with Gasteiger partial charge in [0.15, 0.2) is 5.82 Å². The molecule has 3 N–H and O–H groups in total. The van der Waals surface area contributed by atoms with Crippen molar-refractivity contribution in [1.82, 2.24) is 20.6 Å². The summed E-state index contributed by atoms with van der Waals surface area (Å²) in [7, 11) is 0. The molecule has 0 spiro atoms. The molecule has 7 heteroatoms. The van der Waals surface area contributed by atoms with Gasteiger partial charge < -0.3 is 20.5 Å². The first-order valence-electron chi connectivity index (χ1n) is 10.5. The number of phenols is 1. The number of alkyl carbamates (subject to hydrolysis) is 1. The lowest BCUT2D eigenvalue weighted by Crippen LogP contribution is -2.40. The van der Waals surface area contributed by atoms with E-state index >= 15 is 0 Å². The Labute approximate surface area is 181 Å². The van der Waals surface area contributed by atoms with Crippen molar-refractivity contribution in [3.63, 3.8) is 0 Å². The Bertz CT molecular complexity index is 1120. The molecule has 7 nitrogen and oxygen atoms in total. The van der Waals surface area contributed by atoms with Gasteiger partial charge in [0.25, 0.3) is 0 Å². The first kappa shape index (κ1) is 21.1. The number of nitrogens with one attached hydrogen (secondary N) is 2. The van der Waals surface area contributed by atoms with Gasteiger partial charge in [-0.1, -0.05) is 24.3 Å². The van der Waals surface area contributed by atoms with Crippen molar-refractivity contribution >= 4 is 17.0 Å². The predicted molar refractivity (Wildman–Crippen MR) is 120 cm³/mol. The second-order valence-electron chi connectivity index (χ2n) is 9.01. The first-order chi connectivity index (χ1) is 14.7. The van der Waals surface area contributed by atoms with Crippen molar-refractivity contribution < 1.29 is 14.6 Å². The molecule has 2 heterocycles. The summed E-state index contributed by atoms with van der Waals surface area (Å²) in [6.07, 6.45) is 0.262. The molecule has 162 valence electrons. The molecule has 1 amide bonds. The molecule has 2 aromatic carbocycles. The van der Waals surface area contributed by atoms with Gasteiger partial charge in [0.2, 0.25) is 0 Å². The van der Waals surface area contributed by atoms with Crippen LogP contribution in [-0.4, -0.2) is 39.4 Å². The molecule has 1 aliphatic rings.